The molecule has 0 unspecified atom stereocenters. The third kappa shape index (κ3) is 2.62. The molecule has 0 aliphatic carbocycles. The third-order valence-corrected chi connectivity index (χ3v) is 2.93. The molecule has 5 heteroatoms. The zero-order valence-corrected chi connectivity index (χ0v) is 10.6. The van der Waals surface area contributed by atoms with E-state index in [-0.39, 0.29) is 5.91 Å². The van der Waals surface area contributed by atoms with Crippen LogP contribution in [-0.4, -0.2) is 10.5 Å². The van der Waals surface area contributed by atoms with E-state index in [0.29, 0.717) is 21.3 Å². The van der Waals surface area contributed by atoms with Crippen LogP contribution in [0.2, 0.25) is 10.0 Å². The van der Waals surface area contributed by atoms with Crippen molar-refractivity contribution in [2.45, 2.75) is 0 Å². The van der Waals surface area contributed by atoms with Gasteiger partial charge in [0.2, 0.25) is 0 Å². The zero-order chi connectivity index (χ0) is 12.4. The van der Waals surface area contributed by atoms with Gasteiger partial charge in [0, 0.05) is 19.4 Å². The van der Waals surface area contributed by atoms with Crippen LogP contribution in [0.1, 0.15) is 10.4 Å². The summed E-state index contributed by atoms with van der Waals surface area (Å²) in [4.78, 5) is 11.9. The van der Waals surface area contributed by atoms with Crippen molar-refractivity contribution < 1.29 is 4.79 Å². The van der Waals surface area contributed by atoms with Crippen molar-refractivity contribution in [2.75, 3.05) is 5.32 Å². The molecule has 0 radical (unpaired) electrons. The predicted octanol–water partition coefficient (Wildman–Crippen LogP) is 3.58. The number of hydrogen-bond donors (Lipinski definition) is 1. The molecule has 0 fully saturated rings. The number of halogens is 2. The molecule has 0 saturated heterocycles. The lowest BCUT2D eigenvalue weighted by Crippen LogP contribution is -2.11. The van der Waals surface area contributed by atoms with Crippen LogP contribution in [0, 0.1) is 0 Å². The van der Waals surface area contributed by atoms with Crippen molar-refractivity contribution in [2.24, 2.45) is 7.05 Å². The molecule has 1 heterocycles. The smallest absolute Gasteiger partial charge is 0.257 e. The molecule has 1 amide bonds. The number of aryl methyl sites for hydroxylation is 1. The maximum absolute atomic E-state index is 11.9. The first-order valence-electron chi connectivity index (χ1n) is 4.95. The maximum atomic E-state index is 11.9. The average molecular weight is 269 g/mol. The second kappa shape index (κ2) is 4.82. The summed E-state index contributed by atoms with van der Waals surface area (Å²) >= 11 is 11.9. The van der Waals surface area contributed by atoms with E-state index < -0.39 is 0 Å². The lowest BCUT2D eigenvalue weighted by atomic mass is 10.2. The Morgan fingerprint density at radius 1 is 1.24 bits per heavy atom. The molecule has 88 valence electrons. The van der Waals surface area contributed by atoms with Gasteiger partial charge >= 0.3 is 0 Å². The van der Waals surface area contributed by atoms with Gasteiger partial charge in [0.25, 0.3) is 5.91 Å². The molecular formula is C12H10Cl2N2O. The minimum atomic E-state index is -0.236. The predicted molar refractivity (Wildman–Crippen MR) is 69.8 cm³/mol. The fourth-order valence-electron chi connectivity index (χ4n) is 1.44. The van der Waals surface area contributed by atoms with Crippen LogP contribution in [0.15, 0.2) is 36.7 Å². The Balaban J connectivity index is 2.24. The van der Waals surface area contributed by atoms with Gasteiger partial charge in [0.05, 0.1) is 21.3 Å². The fraction of sp³-hybridized carbons (Fsp3) is 0.0833. The van der Waals surface area contributed by atoms with Crippen molar-refractivity contribution in [3.8, 4) is 0 Å². The summed E-state index contributed by atoms with van der Waals surface area (Å²) in [5, 5.41) is 3.53. The van der Waals surface area contributed by atoms with Gasteiger partial charge in [0.15, 0.2) is 0 Å². The van der Waals surface area contributed by atoms with Crippen molar-refractivity contribution >= 4 is 34.8 Å². The molecule has 0 atom stereocenters. The molecule has 0 spiro atoms. The number of carbonyl (C=O) groups excluding carboxylic acids is 1. The Bertz CT molecular complexity index is 543. The minimum absolute atomic E-state index is 0.236. The highest BCUT2D eigenvalue weighted by Gasteiger charge is 2.11. The summed E-state index contributed by atoms with van der Waals surface area (Å²) in [5.74, 6) is -0.236. The van der Waals surface area contributed by atoms with E-state index in [0.717, 1.165) is 0 Å². The number of nitrogens with zero attached hydrogens (tertiary/aromatic N) is 1. The number of para-hydroxylation sites is 1. The van der Waals surface area contributed by atoms with Crippen molar-refractivity contribution in [1.82, 2.24) is 4.57 Å². The largest absolute Gasteiger partial charge is 0.356 e. The lowest BCUT2D eigenvalue weighted by Gasteiger charge is -2.07. The standard InChI is InChI=1S/C12H10Cl2N2O/c1-16-6-5-8(7-16)12(17)15-11-9(13)3-2-4-10(11)14/h2-7H,1H3,(H,15,17). The van der Waals surface area contributed by atoms with E-state index >= 15 is 0 Å². The highest BCUT2D eigenvalue weighted by molar-refractivity contribution is 6.40. The van der Waals surface area contributed by atoms with Gasteiger partial charge in [-0.05, 0) is 18.2 Å². The quantitative estimate of drug-likeness (QED) is 0.888. The summed E-state index contributed by atoms with van der Waals surface area (Å²) in [7, 11) is 1.85. The molecule has 3 nitrogen and oxygen atoms in total. The first-order chi connectivity index (χ1) is 8.08. The van der Waals surface area contributed by atoms with Gasteiger partial charge in [-0.25, -0.2) is 0 Å². The molecule has 2 aromatic rings. The second-order valence-electron chi connectivity index (χ2n) is 3.62. The first-order valence-corrected chi connectivity index (χ1v) is 5.71. The van der Waals surface area contributed by atoms with Crippen LogP contribution in [0.25, 0.3) is 0 Å². The maximum Gasteiger partial charge on any atom is 0.257 e. The highest BCUT2D eigenvalue weighted by atomic mass is 35.5. The molecule has 1 aromatic carbocycles. The zero-order valence-electron chi connectivity index (χ0n) is 9.08. The van der Waals surface area contributed by atoms with Crippen LogP contribution in [-0.2, 0) is 7.05 Å². The highest BCUT2D eigenvalue weighted by Crippen LogP contribution is 2.30. The number of amides is 1. The number of hydrogen-bond acceptors (Lipinski definition) is 1. The number of benzene rings is 1. The van der Waals surface area contributed by atoms with E-state index in [2.05, 4.69) is 5.32 Å². The number of anilines is 1. The Hall–Kier alpha value is -1.45. The Kier molecular flexibility index (Phi) is 3.41. The Morgan fingerprint density at radius 3 is 2.41 bits per heavy atom. The number of nitrogens with one attached hydrogen (secondary N) is 1. The van der Waals surface area contributed by atoms with E-state index in [1.54, 1.807) is 41.2 Å². The van der Waals surface area contributed by atoms with Crippen LogP contribution in [0.4, 0.5) is 5.69 Å². The number of carbonyl (C=O) groups is 1. The van der Waals surface area contributed by atoms with Crippen molar-refractivity contribution in [1.29, 1.82) is 0 Å². The normalized spacial score (nSPS) is 10.3. The number of rotatable bonds is 2. The molecule has 0 aliphatic rings. The monoisotopic (exact) mass is 268 g/mol. The minimum Gasteiger partial charge on any atom is -0.356 e. The van der Waals surface area contributed by atoms with E-state index in [1.807, 2.05) is 7.05 Å². The summed E-state index contributed by atoms with van der Waals surface area (Å²) in [6.07, 6.45) is 3.52. The molecular weight excluding hydrogens is 259 g/mol. The molecule has 1 aromatic heterocycles. The molecule has 0 saturated carbocycles. The van der Waals surface area contributed by atoms with Crippen LogP contribution < -0.4 is 5.32 Å². The topological polar surface area (TPSA) is 34.0 Å². The summed E-state index contributed by atoms with van der Waals surface area (Å²) in [6.45, 7) is 0. The Morgan fingerprint density at radius 2 is 1.88 bits per heavy atom. The van der Waals surface area contributed by atoms with E-state index in [1.165, 1.54) is 0 Å². The van der Waals surface area contributed by atoms with Gasteiger partial charge in [-0.3, -0.25) is 4.79 Å². The summed E-state index contributed by atoms with van der Waals surface area (Å²) < 4.78 is 1.79. The van der Waals surface area contributed by atoms with Crippen LogP contribution >= 0.6 is 23.2 Å². The van der Waals surface area contributed by atoms with Gasteiger partial charge in [-0.1, -0.05) is 29.3 Å². The van der Waals surface area contributed by atoms with Gasteiger partial charge < -0.3 is 9.88 Å². The molecule has 2 rings (SSSR count). The van der Waals surface area contributed by atoms with E-state index in [9.17, 15) is 4.79 Å². The molecule has 0 bridgehead atoms. The fourth-order valence-corrected chi connectivity index (χ4v) is 1.93. The van der Waals surface area contributed by atoms with E-state index in [4.69, 9.17) is 23.2 Å². The van der Waals surface area contributed by atoms with Crippen LogP contribution in [0.5, 0.6) is 0 Å². The van der Waals surface area contributed by atoms with Gasteiger partial charge in [-0.15, -0.1) is 0 Å². The second-order valence-corrected chi connectivity index (χ2v) is 4.43. The van der Waals surface area contributed by atoms with Crippen LogP contribution in [0.3, 0.4) is 0 Å². The average Bonchev–Trinajstić information content (AvgIpc) is 2.70. The molecule has 1 N–H and O–H groups in total. The molecule has 17 heavy (non-hydrogen) atoms. The first kappa shape index (κ1) is 12.0. The summed E-state index contributed by atoms with van der Waals surface area (Å²) in [5.41, 5.74) is 0.994. The SMILES string of the molecule is Cn1ccc(C(=O)Nc2c(Cl)cccc2Cl)c1. The van der Waals surface area contributed by atoms with Gasteiger partial charge in [0.1, 0.15) is 0 Å². The molecule has 0 aliphatic heterocycles. The van der Waals surface area contributed by atoms with Crippen molar-refractivity contribution in [3.63, 3.8) is 0 Å². The Labute approximate surface area is 109 Å². The summed E-state index contributed by atoms with van der Waals surface area (Å²) in [6, 6.07) is 6.80. The lowest BCUT2D eigenvalue weighted by molar-refractivity contribution is 0.102. The van der Waals surface area contributed by atoms with Gasteiger partial charge in [-0.2, -0.15) is 0 Å². The third-order valence-electron chi connectivity index (χ3n) is 2.30. The number of aromatic nitrogens is 1. The van der Waals surface area contributed by atoms with Crippen molar-refractivity contribution in [3.05, 3.63) is 52.3 Å².